The zero-order valence-electron chi connectivity index (χ0n) is 6.07. The monoisotopic (exact) mass is 271 g/mol. The smallest absolute Gasteiger partial charge is 0.0992 e. The van der Waals surface area contributed by atoms with E-state index in [4.69, 9.17) is 17.3 Å². The first-order chi connectivity index (χ1) is 4.54. The van der Waals surface area contributed by atoms with Crippen LogP contribution < -0.4 is 5.73 Å². The second-order valence-electron chi connectivity index (χ2n) is 2.26. The Bertz CT molecular complexity index is 157. The number of nitrogens with two attached hydrogens (primary N) is 1. The highest BCUT2D eigenvalue weighted by molar-refractivity contribution is 14.1. The van der Waals surface area contributed by atoms with Crippen LogP contribution in [0.2, 0.25) is 0 Å². The van der Waals surface area contributed by atoms with Crippen molar-refractivity contribution in [3.63, 3.8) is 0 Å². The van der Waals surface area contributed by atoms with E-state index in [1.807, 2.05) is 6.08 Å². The summed E-state index contributed by atoms with van der Waals surface area (Å²) < 4.78 is 1.25. The van der Waals surface area contributed by atoms with Gasteiger partial charge in [-0.3, -0.25) is 0 Å². The molecule has 0 aromatic heterocycles. The molecule has 0 spiro atoms. The first-order valence-corrected chi connectivity index (χ1v) is 4.48. The van der Waals surface area contributed by atoms with Gasteiger partial charge in [0.15, 0.2) is 0 Å². The van der Waals surface area contributed by atoms with Crippen molar-refractivity contribution in [3.05, 3.63) is 20.9 Å². The van der Waals surface area contributed by atoms with Gasteiger partial charge < -0.3 is 5.73 Å². The zero-order chi connectivity index (χ0) is 8.15. The Hall–Kier alpha value is 0.300. The van der Waals surface area contributed by atoms with Crippen LogP contribution in [0.4, 0.5) is 0 Å². The highest BCUT2D eigenvalue weighted by atomic mass is 127. The molecule has 0 atom stereocenters. The lowest BCUT2D eigenvalue weighted by Crippen LogP contribution is -1.87. The van der Waals surface area contributed by atoms with Gasteiger partial charge in [-0.2, -0.15) is 0 Å². The van der Waals surface area contributed by atoms with Gasteiger partial charge in [-0.05, 0) is 44.2 Å². The minimum atomic E-state index is 0.329. The molecule has 10 heavy (non-hydrogen) atoms. The molecule has 3 heteroatoms. The minimum absolute atomic E-state index is 0.329. The highest BCUT2D eigenvalue weighted by Crippen LogP contribution is 2.17. The van der Waals surface area contributed by atoms with Crippen molar-refractivity contribution < 1.29 is 0 Å². The van der Waals surface area contributed by atoms with Gasteiger partial charge in [-0.15, -0.1) is 0 Å². The lowest BCUT2D eigenvalue weighted by molar-refractivity contribution is 0.825. The standard InChI is InChI=1S/C7H11ClIN/c1-5(2)6(9)3-4-7(8)10/h3-5H,10H2,1-2H3/b6-3+,7-4-. The van der Waals surface area contributed by atoms with Gasteiger partial charge in [0, 0.05) is 0 Å². The maximum absolute atomic E-state index is 5.42. The molecule has 0 amide bonds. The molecule has 0 aliphatic rings. The van der Waals surface area contributed by atoms with Gasteiger partial charge >= 0.3 is 0 Å². The van der Waals surface area contributed by atoms with Crippen molar-refractivity contribution >= 4 is 34.2 Å². The molecule has 0 heterocycles. The molecule has 0 aromatic carbocycles. The Morgan fingerprint density at radius 1 is 1.50 bits per heavy atom. The van der Waals surface area contributed by atoms with E-state index < -0.39 is 0 Å². The number of halogens is 2. The van der Waals surface area contributed by atoms with Crippen molar-refractivity contribution in [2.75, 3.05) is 0 Å². The molecule has 1 nitrogen and oxygen atoms in total. The van der Waals surface area contributed by atoms with Gasteiger partial charge in [0.05, 0.1) is 5.16 Å². The highest BCUT2D eigenvalue weighted by Gasteiger charge is 1.94. The third-order valence-corrected chi connectivity index (χ3v) is 2.68. The predicted octanol–water partition coefficient (Wildman–Crippen LogP) is 3.00. The molecular weight excluding hydrogens is 260 g/mol. The van der Waals surface area contributed by atoms with Crippen molar-refractivity contribution in [3.8, 4) is 0 Å². The van der Waals surface area contributed by atoms with E-state index in [1.54, 1.807) is 6.08 Å². The normalized spacial score (nSPS) is 14.5. The summed E-state index contributed by atoms with van der Waals surface area (Å²) in [6.45, 7) is 4.24. The number of rotatable bonds is 2. The second kappa shape index (κ2) is 5.02. The Balaban J connectivity index is 4.05. The molecule has 0 aliphatic carbocycles. The summed E-state index contributed by atoms with van der Waals surface area (Å²) in [5.41, 5.74) is 5.22. The van der Waals surface area contributed by atoms with Crippen LogP contribution in [0.25, 0.3) is 0 Å². The lowest BCUT2D eigenvalue weighted by Gasteiger charge is -1.99. The summed E-state index contributed by atoms with van der Waals surface area (Å²) in [5.74, 6) is 0.549. The maximum Gasteiger partial charge on any atom is 0.0992 e. The van der Waals surface area contributed by atoms with Crippen molar-refractivity contribution in [1.29, 1.82) is 0 Å². The van der Waals surface area contributed by atoms with Crippen LogP contribution in [0.3, 0.4) is 0 Å². The molecule has 0 bridgehead atoms. The molecular formula is C7H11ClIN. The van der Waals surface area contributed by atoms with Crippen LogP contribution in [0.1, 0.15) is 13.8 Å². The van der Waals surface area contributed by atoms with Gasteiger partial charge in [0.1, 0.15) is 0 Å². The molecule has 58 valence electrons. The summed E-state index contributed by atoms with van der Waals surface area (Å²) in [7, 11) is 0. The molecule has 0 unspecified atom stereocenters. The summed E-state index contributed by atoms with van der Waals surface area (Å²) in [5, 5.41) is 0.329. The number of allylic oxidation sites excluding steroid dienone is 3. The van der Waals surface area contributed by atoms with Gasteiger partial charge in [-0.25, -0.2) is 0 Å². The molecule has 0 fully saturated rings. The predicted molar refractivity (Wildman–Crippen MR) is 55.1 cm³/mol. The average molecular weight is 272 g/mol. The third-order valence-electron chi connectivity index (χ3n) is 0.953. The maximum atomic E-state index is 5.42. The second-order valence-corrected chi connectivity index (χ2v) is 3.94. The Morgan fingerprint density at radius 2 is 2.00 bits per heavy atom. The molecule has 0 saturated heterocycles. The third kappa shape index (κ3) is 5.11. The largest absolute Gasteiger partial charge is 0.389 e. The van der Waals surface area contributed by atoms with E-state index in [9.17, 15) is 0 Å². The first-order valence-electron chi connectivity index (χ1n) is 3.02. The van der Waals surface area contributed by atoms with E-state index in [0.29, 0.717) is 11.1 Å². The van der Waals surface area contributed by atoms with E-state index in [2.05, 4.69) is 36.4 Å². The summed E-state index contributed by atoms with van der Waals surface area (Å²) in [6.07, 6.45) is 3.62. The van der Waals surface area contributed by atoms with Gasteiger partial charge in [0.25, 0.3) is 0 Å². The molecule has 2 N–H and O–H groups in total. The van der Waals surface area contributed by atoms with Crippen LogP contribution in [-0.2, 0) is 0 Å². The summed E-state index contributed by atoms with van der Waals surface area (Å²) >= 11 is 7.68. The lowest BCUT2D eigenvalue weighted by atomic mass is 10.2. The van der Waals surface area contributed by atoms with Crippen molar-refractivity contribution in [2.45, 2.75) is 13.8 Å². The molecule has 0 aliphatic heterocycles. The SMILES string of the molecule is CC(C)/C(I)=C\C=C(/N)Cl. The quantitative estimate of drug-likeness (QED) is 0.466. The summed E-state index contributed by atoms with van der Waals surface area (Å²) in [4.78, 5) is 0. The zero-order valence-corrected chi connectivity index (χ0v) is 8.98. The van der Waals surface area contributed by atoms with Crippen LogP contribution in [0.5, 0.6) is 0 Å². The Labute approximate surface area is 80.5 Å². The van der Waals surface area contributed by atoms with Crippen LogP contribution in [0.15, 0.2) is 20.9 Å². The van der Waals surface area contributed by atoms with Crippen LogP contribution in [-0.4, -0.2) is 0 Å². The minimum Gasteiger partial charge on any atom is -0.389 e. The number of hydrogen-bond donors (Lipinski definition) is 1. The molecule has 0 aromatic rings. The number of hydrogen-bond acceptors (Lipinski definition) is 1. The van der Waals surface area contributed by atoms with Crippen LogP contribution >= 0.6 is 34.2 Å². The van der Waals surface area contributed by atoms with E-state index in [1.165, 1.54) is 3.58 Å². The topological polar surface area (TPSA) is 26.0 Å². The van der Waals surface area contributed by atoms with E-state index in [0.717, 1.165) is 0 Å². The Morgan fingerprint density at radius 3 is 2.30 bits per heavy atom. The molecule has 0 radical (unpaired) electrons. The Kier molecular flexibility index (Phi) is 5.17. The molecule has 0 rings (SSSR count). The fourth-order valence-corrected chi connectivity index (χ4v) is 0.594. The fourth-order valence-electron chi connectivity index (χ4n) is 0.352. The van der Waals surface area contributed by atoms with Gasteiger partial charge in [0.2, 0.25) is 0 Å². The average Bonchev–Trinajstić information content (AvgIpc) is 1.82. The van der Waals surface area contributed by atoms with Crippen LogP contribution in [0, 0.1) is 5.92 Å². The van der Waals surface area contributed by atoms with Crippen molar-refractivity contribution in [1.82, 2.24) is 0 Å². The van der Waals surface area contributed by atoms with Crippen molar-refractivity contribution in [2.24, 2.45) is 11.7 Å². The first kappa shape index (κ1) is 10.3. The fraction of sp³-hybridized carbons (Fsp3) is 0.429. The molecule has 0 saturated carbocycles. The van der Waals surface area contributed by atoms with Gasteiger partial charge in [-0.1, -0.05) is 25.4 Å². The van der Waals surface area contributed by atoms with E-state index in [-0.39, 0.29) is 0 Å². The van der Waals surface area contributed by atoms with E-state index >= 15 is 0 Å². The summed E-state index contributed by atoms with van der Waals surface area (Å²) in [6, 6.07) is 0.